The van der Waals surface area contributed by atoms with Gasteiger partial charge in [0.1, 0.15) is 0 Å². The molecule has 0 spiro atoms. The van der Waals surface area contributed by atoms with Gasteiger partial charge in [0.25, 0.3) is 5.91 Å². The zero-order valence-electron chi connectivity index (χ0n) is 14.2. The molecular weight excluding hydrogens is 354 g/mol. The highest BCUT2D eigenvalue weighted by Crippen LogP contribution is 2.12. The largest absolute Gasteiger partial charge is 0.383 e. The van der Waals surface area contributed by atoms with E-state index >= 15 is 0 Å². The summed E-state index contributed by atoms with van der Waals surface area (Å²) in [5.41, 5.74) is 0.313. The van der Waals surface area contributed by atoms with E-state index in [4.69, 9.17) is 4.74 Å². The van der Waals surface area contributed by atoms with Crippen LogP contribution in [0.4, 0.5) is 0 Å². The quantitative estimate of drug-likeness (QED) is 0.521. The summed E-state index contributed by atoms with van der Waals surface area (Å²) in [6, 6.07) is 5.77. The summed E-state index contributed by atoms with van der Waals surface area (Å²) < 4.78 is 31.6. The molecule has 9 heteroatoms. The van der Waals surface area contributed by atoms with Gasteiger partial charge in [-0.05, 0) is 32.0 Å². The summed E-state index contributed by atoms with van der Waals surface area (Å²) in [6.45, 7) is 5.86. The van der Waals surface area contributed by atoms with Crippen LogP contribution in [0.2, 0.25) is 0 Å². The van der Waals surface area contributed by atoms with Gasteiger partial charge in [-0.2, -0.15) is 0 Å². The Hall–Kier alpha value is -1.19. The molecule has 0 radical (unpaired) electrons. The summed E-state index contributed by atoms with van der Waals surface area (Å²) in [5.74, 6) is -0.305. The SMILES string of the molecule is COCCNCCNC(=O)c1cccc(S(=O)(=O)NC(C)C)c1.Cl. The molecule has 1 aromatic rings. The van der Waals surface area contributed by atoms with Crippen molar-refractivity contribution in [3.8, 4) is 0 Å². The van der Waals surface area contributed by atoms with Gasteiger partial charge in [0, 0.05) is 38.3 Å². The summed E-state index contributed by atoms with van der Waals surface area (Å²) in [5, 5.41) is 5.84. The van der Waals surface area contributed by atoms with Crippen molar-refractivity contribution in [2.75, 3.05) is 33.4 Å². The summed E-state index contributed by atoms with van der Waals surface area (Å²) >= 11 is 0. The van der Waals surface area contributed by atoms with Gasteiger partial charge in [-0.1, -0.05) is 6.07 Å². The summed E-state index contributed by atoms with van der Waals surface area (Å²) in [7, 11) is -1.98. The number of benzene rings is 1. The summed E-state index contributed by atoms with van der Waals surface area (Å²) in [4.78, 5) is 12.1. The normalized spacial score (nSPS) is 11.2. The number of amides is 1. The molecule has 138 valence electrons. The Morgan fingerprint density at radius 2 is 1.92 bits per heavy atom. The van der Waals surface area contributed by atoms with Crippen molar-refractivity contribution in [1.29, 1.82) is 0 Å². The minimum atomic E-state index is -3.61. The average Bonchev–Trinajstić information content (AvgIpc) is 2.49. The van der Waals surface area contributed by atoms with Gasteiger partial charge in [0.15, 0.2) is 0 Å². The van der Waals surface area contributed by atoms with Crippen LogP contribution in [0.25, 0.3) is 0 Å². The molecule has 0 atom stereocenters. The second-order valence-corrected chi connectivity index (χ2v) is 7.02. The molecule has 0 aromatic heterocycles. The minimum absolute atomic E-state index is 0. The number of hydrogen-bond donors (Lipinski definition) is 3. The molecule has 0 aliphatic rings. The Kier molecular flexibility index (Phi) is 10.8. The molecule has 0 heterocycles. The lowest BCUT2D eigenvalue weighted by Crippen LogP contribution is -2.33. The topological polar surface area (TPSA) is 96.5 Å². The van der Waals surface area contributed by atoms with Crippen molar-refractivity contribution < 1.29 is 17.9 Å². The minimum Gasteiger partial charge on any atom is -0.383 e. The van der Waals surface area contributed by atoms with Crippen LogP contribution < -0.4 is 15.4 Å². The first kappa shape index (κ1) is 22.8. The number of methoxy groups -OCH3 is 1. The maximum atomic E-state index is 12.1. The number of halogens is 1. The molecule has 3 N–H and O–H groups in total. The molecule has 24 heavy (non-hydrogen) atoms. The van der Waals surface area contributed by atoms with Gasteiger partial charge in [-0.3, -0.25) is 4.79 Å². The molecule has 1 amide bonds. The zero-order valence-corrected chi connectivity index (χ0v) is 15.8. The monoisotopic (exact) mass is 379 g/mol. The van der Waals surface area contributed by atoms with Crippen LogP contribution in [0.3, 0.4) is 0 Å². The molecular formula is C15H26ClN3O4S. The van der Waals surface area contributed by atoms with Crippen molar-refractivity contribution in [1.82, 2.24) is 15.4 Å². The lowest BCUT2D eigenvalue weighted by Gasteiger charge is -2.11. The fourth-order valence-corrected chi connectivity index (χ4v) is 3.15. The predicted octanol–water partition coefficient (Wildman–Crippen LogP) is 0.761. The fourth-order valence-electron chi connectivity index (χ4n) is 1.85. The fraction of sp³-hybridized carbons (Fsp3) is 0.533. The maximum absolute atomic E-state index is 12.1. The van der Waals surface area contributed by atoms with Crippen molar-refractivity contribution in [3.05, 3.63) is 29.8 Å². The Bertz CT molecular complexity index is 608. The van der Waals surface area contributed by atoms with E-state index in [1.807, 2.05) is 0 Å². The highest BCUT2D eigenvalue weighted by molar-refractivity contribution is 7.89. The van der Waals surface area contributed by atoms with Gasteiger partial charge < -0.3 is 15.4 Å². The molecule has 0 saturated heterocycles. The van der Waals surface area contributed by atoms with Crippen molar-refractivity contribution in [3.63, 3.8) is 0 Å². The highest BCUT2D eigenvalue weighted by atomic mass is 35.5. The maximum Gasteiger partial charge on any atom is 0.251 e. The van der Waals surface area contributed by atoms with Crippen molar-refractivity contribution >= 4 is 28.3 Å². The molecule has 0 saturated carbocycles. The van der Waals surface area contributed by atoms with Gasteiger partial charge in [0.05, 0.1) is 11.5 Å². The van der Waals surface area contributed by atoms with E-state index in [0.717, 1.165) is 0 Å². The number of carbonyl (C=O) groups excluding carboxylic acids is 1. The number of ether oxygens (including phenoxy) is 1. The van der Waals surface area contributed by atoms with Gasteiger partial charge in [0.2, 0.25) is 10.0 Å². The van der Waals surface area contributed by atoms with Crippen LogP contribution >= 0.6 is 12.4 Å². The first-order chi connectivity index (χ1) is 10.9. The Morgan fingerprint density at radius 3 is 2.54 bits per heavy atom. The van der Waals surface area contributed by atoms with E-state index in [1.54, 1.807) is 33.1 Å². The Labute approximate surface area is 150 Å². The standard InChI is InChI=1S/C15H25N3O4S.ClH/c1-12(2)18-23(20,21)14-6-4-5-13(11-14)15(19)17-8-7-16-9-10-22-3;/h4-6,11-12,16,18H,7-10H2,1-3H3,(H,17,19);1H. The molecule has 7 nitrogen and oxygen atoms in total. The second kappa shape index (κ2) is 11.4. The Morgan fingerprint density at radius 1 is 1.21 bits per heavy atom. The van der Waals surface area contributed by atoms with Gasteiger partial charge in [-0.15, -0.1) is 12.4 Å². The lowest BCUT2D eigenvalue weighted by atomic mass is 10.2. The van der Waals surface area contributed by atoms with Gasteiger partial charge in [-0.25, -0.2) is 13.1 Å². The third-order valence-electron chi connectivity index (χ3n) is 2.87. The van der Waals surface area contributed by atoms with E-state index in [2.05, 4.69) is 15.4 Å². The number of rotatable bonds is 10. The third kappa shape index (κ3) is 8.07. The van der Waals surface area contributed by atoms with E-state index < -0.39 is 10.0 Å². The molecule has 0 aliphatic heterocycles. The zero-order chi connectivity index (χ0) is 17.3. The van der Waals surface area contributed by atoms with Crippen LogP contribution in [-0.4, -0.2) is 53.7 Å². The number of carbonyl (C=O) groups is 1. The highest BCUT2D eigenvalue weighted by Gasteiger charge is 2.17. The molecule has 0 aliphatic carbocycles. The first-order valence-electron chi connectivity index (χ1n) is 7.47. The average molecular weight is 380 g/mol. The summed E-state index contributed by atoms with van der Waals surface area (Å²) in [6.07, 6.45) is 0. The third-order valence-corrected chi connectivity index (χ3v) is 4.52. The number of hydrogen-bond acceptors (Lipinski definition) is 5. The van der Waals surface area contributed by atoms with E-state index in [9.17, 15) is 13.2 Å². The molecule has 0 unspecified atom stereocenters. The molecule has 1 aromatic carbocycles. The van der Waals surface area contributed by atoms with Crippen LogP contribution in [0.1, 0.15) is 24.2 Å². The van der Waals surface area contributed by atoms with Crippen LogP contribution in [0.15, 0.2) is 29.2 Å². The first-order valence-corrected chi connectivity index (χ1v) is 8.95. The van der Waals surface area contributed by atoms with Crippen molar-refractivity contribution in [2.24, 2.45) is 0 Å². The molecule has 0 fully saturated rings. The van der Waals surface area contributed by atoms with E-state index in [-0.39, 0.29) is 29.3 Å². The van der Waals surface area contributed by atoms with E-state index in [1.165, 1.54) is 12.1 Å². The predicted molar refractivity (Wildman–Crippen MR) is 96.2 cm³/mol. The van der Waals surface area contributed by atoms with Crippen molar-refractivity contribution in [2.45, 2.75) is 24.8 Å². The molecule has 1 rings (SSSR count). The number of nitrogens with one attached hydrogen (secondary N) is 3. The second-order valence-electron chi connectivity index (χ2n) is 5.30. The van der Waals surface area contributed by atoms with Crippen LogP contribution in [0.5, 0.6) is 0 Å². The van der Waals surface area contributed by atoms with Crippen LogP contribution in [0, 0.1) is 0 Å². The van der Waals surface area contributed by atoms with E-state index in [0.29, 0.717) is 31.8 Å². The lowest BCUT2D eigenvalue weighted by molar-refractivity contribution is 0.0953. The van der Waals surface area contributed by atoms with Gasteiger partial charge >= 0.3 is 0 Å². The van der Waals surface area contributed by atoms with Crippen LogP contribution in [-0.2, 0) is 14.8 Å². The number of sulfonamides is 1. The Balaban J connectivity index is 0.00000529. The smallest absolute Gasteiger partial charge is 0.251 e. The molecule has 0 bridgehead atoms.